The van der Waals surface area contributed by atoms with Gasteiger partial charge in [0.05, 0.1) is 5.52 Å². The van der Waals surface area contributed by atoms with Gasteiger partial charge in [0.1, 0.15) is 0 Å². The zero-order chi connectivity index (χ0) is 11.9. The van der Waals surface area contributed by atoms with Crippen LogP contribution < -0.4 is 0 Å². The number of rotatable bonds is 1. The molecule has 0 bridgehead atoms. The van der Waals surface area contributed by atoms with Crippen molar-refractivity contribution in [1.29, 1.82) is 0 Å². The van der Waals surface area contributed by atoms with E-state index in [1.54, 1.807) is 0 Å². The zero-order valence-corrected chi connectivity index (χ0v) is 10.7. The van der Waals surface area contributed by atoms with Crippen molar-refractivity contribution in [2.24, 2.45) is 0 Å². The molecule has 0 aliphatic heterocycles. The van der Waals surface area contributed by atoms with Crippen molar-refractivity contribution in [3.8, 4) is 0 Å². The Balaban J connectivity index is 2.06. The van der Waals surface area contributed by atoms with Crippen molar-refractivity contribution in [1.82, 2.24) is 4.98 Å². The van der Waals surface area contributed by atoms with E-state index in [1.165, 1.54) is 17.4 Å². The van der Waals surface area contributed by atoms with Gasteiger partial charge in [0.25, 0.3) is 0 Å². The molecule has 17 heavy (non-hydrogen) atoms. The molecule has 0 N–H and O–H groups in total. The predicted molar refractivity (Wildman–Crippen MR) is 72.6 cm³/mol. The number of nitrogens with zero attached hydrogens (tertiary/aromatic N) is 1. The third kappa shape index (κ3) is 1.93. The van der Waals surface area contributed by atoms with Gasteiger partial charge in [-0.15, -0.1) is 11.6 Å². The number of halogens is 1. The van der Waals surface area contributed by atoms with Crippen LogP contribution in [0.15, 0.2) is 36.5 Å². The van der Waals surface area contributed by atoms with Crippen LogP contribution in [0.4, 0.5) is 0 Å². The van der Waals surface area contributed by atoms with Crippen LogP contribution in [-0.4, -0.2) is 10.4 Å². The first kappa shape index (κ1) is 11.0. The molecule has 3 rings (SSSR count). The van der Waals surface area contributed by atoms with Crippen molar-refractivity contribution >= 4 is 22.5 Å². The highest BCUT2D eigenvalue weighted by molar-refractivity contribution is 6.20. The third-order valence-electron chi connectivity index (χ3n) is 3.98. The number of hydrogen-bond donors (Lipinski definition) is 0. The van der Waals surface area contributed by atoms with Gasteiger partial charge >= 0.3 is 0 Å². The summed E-state index contributed by atoms with van der Waals surface area (Å²) in [5.41, 5.74) is 2.70. The van der Waals surface area contributed by atoms with E-state index in [0.29, 0.717) is 5.38 Å². The monoisotopic (exact) mass is 245 g/mol. The van der Waals surface area contributed by atoms with E-state index in [9.17, 15) is 0 Å². The number of hydrogen-bond acceptors (Lipinski definition) is 1. The average molecular weight is 246 g/mol. The quantitative estimate of drug-likeness (QED) is 0.684. The van der Waals surface area contributed by atoms with Gasteiger partial charge in [0.15, 0.2) is 0 Å². The van der Waals surface area contributed by atoms with Crippen LogP contribution in [-0.2, 0) is 5.41 Å². The third-order valence-corrected chi connectivity index (χ3v) is 4.36. The van der Waals surface area contributed by atoms with Crippen molar-refractivity contribution in [3.63, 3.8) is 0 Å². The standard InChI is InChI=1S/C15H16ClN/c1-15(7-6-13(16)10-15)12-5-4-11-3-2-8-17-14(11)9-12/h2-5,8-9,13H,6-7,10H2,1H3. The summed E-state index contributed by atoms with van der Waals surface area (Å²) in [5.74, 6) is 0. The maximum atomic E-state index is 6.25. The molecule has 88 valence electrons. The second kappa shape index (κ2) is 3.99. The number of benzene rings is 1. The molecule has 1 heterocycles. The molecular formula is C15H16ClN. The van der Waals surface area contributed by atoms with E-state index >= 15 is 0 Å². The highest BCUT2D eigenvalue weighted by Crippen LogP contribution is 2.43. The van der Waals surface area contributed by atoms with E-state index < -0.39 is 0 Å². The van der Waals surface area contributed by atoms with E-state index in [-0.39, 0.29) is 5.41 Å². The smallest absolute Gasteiger partial charge is 0.0704 e. The van der Waals surface area contributed by atoms with E-state index in [2.05, 4.69) is 36.2 Å². The maximum absolute atomic E-state index is 6.25. The molecule has 2 atom stereocenters. The first-order chi connectivity index (χ1) is 8.17. The van der Waals surface area contributed by atoms with E-state index in [4.69, 9.17) is 11.6 Å². The molecule has 1 aliphatic carbocycles. The Morgan fingerprint density at radius 3 is 3.00 bits per heavy atom. The Morgan fingerprint density at radius 2 is 2.24 bits per heavy atom. The first-order valence-electron chi connectivity index (χ1n) is 6.17. The largest absolute Gasteiger partial charge is 0.256 e. The fourth-order valence-corrected chi connectivity index (χ4v) is 3.32. The van der Waals surface area contributed by atoms with Gasteiger partial charge in [-0.1, -0.05) is 25.1 Å². The van der Waals surface area contributed by atoms with Crippen LogP contribution in [0.1, 0.15) is 31.7 Å². The van der Waals surface area contributed by atoms with Gasteiger partial charge < -0.3 is 0 Å². The minimum absolute atomic E-state index is 0.234. The van der Waals surface area contributed by atoms with E-state index in [1.807, 2.05) is 12.3 Å². The Labute approximate surface area is 107 Å². The van der Waals surface area contributed by atoms with Crippen LogP contribution in [0.3, 0.4) is 0 Å². The maximum Gasteiger partial charge on any atom is 0.0704 e. The second-order valence-corrected chi connectivity index (χ2v) is 5.93. The van der Waals surface area contributed by atoms with Crippen molar-refractivity contribution in [2.45, 2.75) is 37.0 Å². The van der Waals surface area contributed by atoms with Crippen LogP contribution in [0.25, 0.3) is 10.9 Å². The van der Waals surface area contributed by atoms with Gasteiger partial charge in [0.2, 0.25) is 0 Å². The summed E-state index contributed by atoms with van der Waals surface area (Å²) in [7, 11) is 0. The molecule has 2 heteroatoms. The second-order valence-electron chi connectivity index (χ2n) is 5.31. The minimum Gasteiger partial charge on any atom is -0.256 e. The SMILES string of the molecule is CC1(c2ccc3cccnc3c2)CCC(Cl)C1. The summed E-state index contributed by atoms with van der Waals surface area (Å²) in [6.45, 7) is 2.32. The first-order valence-corrected chi connectivity index (χ1v) is 6.60. The molecule has 1 fully saturated rings. The van der Waals surface area contributed by atoms with Crippen LogP contribution in [0.2, 0.25) is 0 Å². The number of aromatic nitrogens is 1. The number of pyridine rings is 1. The lowest BCUT2D eigenvalue weighted by Gasteiger charge is -2.24. The molecule has 0 amide bonds. The summed E-state index contributed by atoms with van der Waals surface area (Å²) >= 11 is 6.25. The highest BCUT2D eigenvalue weighted by atomic mass is 35.5. The fraction of sp³-hybridized carbons (Fsp3) is 0.400. The molecule has 1 aromatic heterocycles. The van der Waals surface area contributed by atoms with Crippen LogP contribution in [0, 0.1) is 0 Å². The van der Waals surface area contributed by atoms with Gasteiger partial charge in [-0.2, -0.15) is 0 Å². The van der Waals surface area contributed by atoms with Gasteiger partial charge in [-0.25, -0.2) is 0 Å². The average Bonchev–Trinajstić information content (AvgIpc) is 2.70. The van der Waals surface area contributed by atoms with Crippen molar-refractivity contribution in [3.05, 3.63) is 42.1 Å². The topological polar surface area (TPSA) is 12.9 Å². The van der Waals surface area contributed by atoms with Gasteiger partial charge in [-0.05, 0) is 42.4 Å². The van der Waals surface area contributed by atoms with Crippen LogP contribution >= 0.6 is 11.6 Å². The molecule has 1 nitrogen and oxygen atoms in total. The number of alkyl halides is 1. The lowest BCUT2D eigenvalue weighted by molar-refractivity contribution is 0.492. The summed E-state index contributed by atoms with van der Waals surface area (Å²) < 4.78 is 0. The summed E-state index contributed by atoms with van der Waals surface area (Å²) in [6, 6.07) is 10.7. The molecule has 0 spiro atoms. The zero-order valence-electron chi connectivity index (χ0n) is 9.99. The lowest BCUT2D eigenvalue weighted by atomic mass is 9.81. The molecule has 0 saturated heterocycles. The predicted octanol–water partition coefficient (Wildman–Crippen LogP) is 4.28. The molecule has 1 aliphatic rings. The van der Waals surface area contributed by atoms with Crippen molar-refractivity contribution < 1.29 is 0 Å². The Morgan fingerprint density at radius 1 is 1.35 bits per heavy atom. The number of fused-ring (bicyclic) bond motifs is 1. The Kier molecular flexibility index (Phi) is 2.59. The van der Waals surface area contributed by atoms with Crippen molar-refractivity contribution in [2.75, 3.05) is 0 Å². The lowest BCUT2D eigenvalue weighted by Crippen LogP contribution is -2.17. The Bertz CT molecular complexity index is 551. The van der Waals surface area contributed by atoms with Gasteiger partial charge in [-0.3, -0.25) is 4.98 Å². The molecule has 1 saturated carbocycles. The molecule has 2 aromatic rings. The normalized spacial score (nSPS) is 28.7. The summed E-state index contributed by atoms with van der Waals surface area (Å²) in [6.07, 6.45) is 5.23. The summed E-state index contributed by atoms with van der Waals surface area (Å²) in [4.78, 5) is 4.43. The highest BCUT2D eigenvalue weighted by Gasteiger charge is 2.35. The molecule has 1 aromatic carbocycles. The summed E-state index contributed by atoms with van der Waals surface area (Å²) in [5, 5.41) is 1.54. The minimum atomic E-state index is 0.234. The molecule has 2 unspecified atom stereocenters. The van der Waals surface area contributed by atoms with Crippen LogP contribution in [0.5, 0.6) is 0 Å². The van der Waals surface area contributed by atoms with Gasteiger partial charge in [0, 0.05) is 17.0 Å². The molecule has 0 radical (unpaired) electrons. The Hall–Kier alpha value is -1.08. The molecular weight excluding hydrogens is 230 g/mol. The fourth-order valence-electron chi connectivity index (χ4n) is 2.87. The van der Waals surface area contributed by atoms with E-state index in [0.717, 1.165) is 18.4 Å².